The van der Waals surface area contributed by atoms with E-state index < -0.39 is 97.5 Å². The summed E-state index contributed by atoms with van der Waals surface area (Å²) in [6, 6.07) is 0. The molecule has 0 fully saturated rings. The number of aliphatic hydroxyl groups excluding tert-OH is 1. The molecular weight excluding hydrogens is 1310 g/mol. The van der Waals surface area contributed by atoms with Gasteiger partial charge in [0.2, 0.25) is 0 Å². The van der Waals surface area contributed by atoms with Crippen LogP contribution in [0.1, 0.15) is 427 Å². The molecule has 0 amide bonds. The van der Waals surface area contributed by atoms with Crippen LogP contribution in [0.4, 0.5) is 0 Å². The van der Waals surface area contributed by atoms with E-state index in [2.05, 4.69) is 41.5 Å². The average Bonchev–Trinajstić information content (AvgIpc) is 0.932. The Morgan fingerprint density at radius 3 is 0.710 bits per heavy atom. The summed E-state index contributed by atoms with van der Waals surface area (Å²) in [7, 11) is -9.91. The Hall–Kier alpha value is -1.94. The van der Waals surface area contributed by atoms with Gasteiger partial charge in [-0.15, -0.1) is 0 Å². The number of carbonyl (C=O) groups excluding carboxylic acids is 4. The number of hydrogen-bond acceptors (Lipinski definition) is 15. The SMILES string of the molecule is CCCCCCCCCCCCCCCC(=O)O[C@H](COC(=O)CCCCCCCCC)COP(=O)(O)OC[C@H](O)COP(=O)(O)OC[C@@H](COC(=O)CCCCCCCCCCCCCCCCC(C)CC)OC(=O)CCCCCCCCCCCCCCCCCCCCC(C)CC. The van der Waals surface area contributed by atoms with E-state index in [0.29, 0.717) is 25.7 Å². The molecule has 0 aliphatic carbocycles. The molecule has 0 rings (SSSR count). The minimum Gasteiger partial charge on any atom is -0.462 e. The van der Waals surface area contributed by atoms with E-state index in [-0.39, 0.29) is 25.7 Å². The number of rotatable bonds is 80. The molecule has 0 heterocycles. The second kappa shape index (κ2) is 72.6. The number of ether oxygens (including phenoxy) is 4. The fraction of sp³-hybridized carbons (Fsp3) is 0.951. The van der Waals surface area contributed by atoms with Gasteiger partial charge in [0.1, 0.15) is 19.3 Å². The zero-order valence-electron chi connectivity index (χ0n) is 65.5. The Labute approximate surface area is 613 Å². The maximum Gasteiger partial charge on any atom is 0.472 e. The second-order valence-electron chi connectivity index (χ2n) is 29.6. The lowest BCUT2D eigenvalue weighted by molar-refractivity contribution is -0.161. The first-order valence-corrected chi connectivity index (χ1v) is 45.1. The first kappa shape index (κ1) is 98.1. The third-order valence-corrected chi connectivity index (χ3v) is 21.6. The van der Waals surface area contributed by atoms with Crippen LogP contribution in [0.5, 0.6) is 0 Å². The number of phosphoric acid groups is 2. The average molecular weight is 1470 g/mol. The molecule has 0 radical (unpaired) electrons. The van der Waals surface area contributed by atoms with Gasteiger partial charge in [-0.1, -0.05) is 375 Å². The molecule has 17 nitrogen and oxygen atoms in total. The summed E-state index contributed by atoms with van der Waals surface area (Å²) in [6.45, 7) is 9.71. The van der Waals surface area contributed by atoms with Crippen LogP contribution in [0.2, 0.25) is 0 Å². The fourth-order valence-electron chi connectivity index (χ4n) is 12.5. The molecule has 3 N–H and O–H groups in total. The van der Waals surface area contributed by atoms with Crippen molar-refractivity contribution in [1.29, 1.82) is 0 Å². The monoisotopic (exact) mass is 1470 g/mol. The summed E-state index contributed by atoms with van der Waals surface area (Å²) in [4.78, 5) is 72.8. The smallest absolute Gasteiger partial charge is 0.462 e. The molecule has 19 heteroatoms. The molecule has 594 valence electrons. The van der Waals surface area contributed by atoms with Gasteiger partial charge < -0.3 is 33.8 Å². The van der Waals surface area contributed by atoms with Crippen LogP contribution < -0.4 is 0 Å². The van der Waals surface area contributed by atoms with Crippen LogP contribution in [0.15, 0.2) is 0 Å². The highest BCUT2D eigenvalue weighted by Gasteiger charge is 2.30. The topological polar surface area (TPSA) is 237 Å². The normalized spacial score (nSPS) is 14.4. The Bertz CT molecular complexity index is 1930. The number of hydrogen-bond donors (Lipinski definition) is 3. The summed E-state index contributed by atoms with van der Waals surface area (Å²) in [5.74, 6) is -0.392. The van der Waals surface area contributed by atoms with Gasteiger partial charge in [-0.25, -0.2) is 9.13 Å². The lowest BCUT2D eigenvalue weighted by Gasteiger charge is -2.21. The van der Waals surface area contributed by atoms with E-state index in [9.17, 15) is 43.2 Å². The van der Waals surface area contributed by atoms with E-state index in [1.54, 1.807) is 0 Å². The molecule has 0 aromatic rings. The van der Waals surface area contributed by atoms with Crippen molar-refractivity contribution in [3.63, 3.8) is 0 Å². The fourth-order valence-corrected chi connectivity index (χ4v) is 14.1. The largest absolute Gasteiger partial charge is 0.472 e. The molecule has 0 spiro atoms. The maximum absolute atomic E-state index is 13.1. The summed E-state index contributed by atoms with van der Waals surface area (Å²) in [5.41, 5.74) is 0. The third kappa shape index (κ3) is 71.7. The number of aliphatic hydroxyl groups is 1. The standard InChI is InChI=1S/C81H158O17P2/c1-7-11-13-15-17-18-19-28-36-41-47-53-59-65-80(85)97-76(69-91-78(83)63-57-51-43-16-14-12-8-2)71-95-99(87,88)93-67-75(82)68-94-100(89,90)96-72-77(70-92-79(84)64-58-52-46-40-35-31-27-26-30-34-39-45-50-56-62-74(6)10-4)98-81(86)66-60-54-48-42-37-32-25-23-21-20-22-24-29-33-38-44-49-55-61-73(5)9-3/h73-77,82H,7-72H2,1-6H3,(H,87,88)(H,89,90)/t73?,74?,75-,76+,77+/m0/s1. The van der Waals surface area contributed by atoms with Gasteiger partial charge in [-0.2, -0.15) is 0 Å². The highest BCUT2D eigenvalue weighted by molar-refractivity contribution is 7.47. The van der Waals surface area contributed by atoms with E-state index >= 15 is 0 Å². The van der Waals surface area contributed by atoms with Crippen molar-refractivity contribution in [3.05, 3.63) is 0 Å². The molecule has 0 aliphatic heterocycles. The van der Waals surface area contributed by atoms with Crippen molar-refractivity contribution in [2.45, 2.75) is 445 Å². The Balaban J connectivity index is 5.17. The van der Waals surface area contributed by atoms with Gasteiger partial charge in [0, 0.05) is 25.7 Å². The van der Waals surface area contributed by atoms with Gasteiger partial charge in [0.25, 0.3) is 0 Å². The summed E-state index contributed by atoms with van der Waals surface area (Å²) in [6.07, 6.45) is 62.5. The Morgan fingerprint density at radius 1 is 0.280 bits per heavy atom. The molecule has 0 bridgehead atoms. The van der Waals surface area contributed by atoms with E-state index in [1.807, 2.05) is 0 Å². The van der Waals surface area contributed by atoms with Crippen molar-refractivity contribution in [3.8, 4) is 0 Å². The van der Waals surface area contributed by atoms with Crippen molar-refractivity contribution in [1.82, 2.24) is 0 Å². The van der Waals surface area contributed by atoms with Gasteiger partial charge in [0.15, 0.2) is 12.2 Å². The molecule has 4 unspecified atom stereocenters. The minimum atomic E-state index is -4.96. The van der Waals surface area contributed by atoms with Crippen LogP contribution in [0, 0.1) is 11.8 Å². The summed E-state index contributed by atoms with van der Waals surface area (Å²) in [5, 5.41) is 10.6. The maximum atomic E-state index is 13.1. The minimum absolute atomic E-state index is 0.107. The number of carbonyl (C=O) groups is 4. The Morgan fingerprint density at radius 2 is 0.480 bits per heavy atom. The molecule has 0 aliphatic rings. The van der Waals surface area contributed by atoms with Crippen LogP contribution in [0.3, 0.4) is 0 Å². The summed E-state index contributed by atoms with van der Waals surface area (Å²) < 4.78 is 68.6. The molecule has 7 atom stereocenters. The van der Waals surface area contributed by atoms with E-state index in [0.717, 1.165) is 115 Å². The second-order valence-corrected chi connectivity index (χ2v) is 32.6. The molecule has 0 aromatic carbocycles. The molecule has 0 saturated heterocycles. The molecule has 0 saturated carbocycles. The first-order chi connectivity index (χ1) is 48.4. The van der Waals surface area contributed by atoms with Gasteiger partial charge in [0.05, 0.1) is 26.4 Å². The van der Waals surface area contributed by atoms with Crippen LogP contribution in [-0.4, -0.2) is 96.7 Å². The van der Waals surface area contributed by atoms with Gasteiger partial charge in [-0.3, -0.25) is 37.3 Å². The quantitative estimate of drug-likeness (QED) is 0.0222. The van der Waals surface area contributed by atoms with Crippen molar-refractivity contribution < 1.29 is 80.2 Å². The van der Waals surface area contributed by atoms with Crippen molar-refractivity contribution >= 4 is 39.5 Å². The first-order valence-electron chi connectivity index (χ1n) is 42.1. The van der Waals surface area contributed by atoms with Crippen LogP contribution >= 0.6 is 15.6 Å². The van der Waals surface area contributed by atoms with Crippen molar-refractivity contribution in [2.24, 2.45) is 11.8 Å². The zero-order valence-corrected chi connectivity index (χ0v) is 67.3. The van der Waals surface area contributed by atoms with Crippen molar-refractivity contribution in [2.75, 3.05) is 39.6 Å². The number of phosphoric ester groups is 2. The van der Waals surface area contributed by atoms with Gasteiger partial charge in [-0.05, 0) is 37.5 Å². The number of esters is 4. The highest BCUT2D eigenvalue weighted by atomic mass is 31.2. The molecule has 100 heavy (non-hydrogen) atoms. The predicted octanol–water partition coefficient (Wildman–Crippen LogP) is 24.3. The molecular formula is C81H158O17P2. The Kier molecular flexibility index (Phi) is 71.2. The zero-order chi connectivity index (χ0) is 73.5. The third-order valence-electron chi connectivity index (χ3n) is 19.7. The predicted molar refractivity (Wildman–Crippen MR) is 409 cm³/mol. The number of unbranched alkanes of at least 4 members (excludes halogenated alkanes) is 48. The highest BCUT2D eigenvalue weighted by Crippen LogP contribution is 2.45. The lowest BCUT2D eigenvalue weighted by Crippen LogP contribution is -2.30. The van der Waals surface area contributed by atoms with Gasteiger partial charge >= 0.3 is 39.5 Å². The summed E-state index contributed by atoms with van der Waals surface area (Å²) >= 11 is 0. The molecule has 0 aromatic heterocycles. The van der Waals surface area contributed by atoms with Crippen LogP contribution in [-0.2, 0) is 65.4 Å². The van der Waals surface area contributed by atoms with E-state index in [1.165, 1.54) is 231 Å². The lowest BCUT2D eigenvalue weighted by atomic mass is 9.99. The van der Waals surface area contributed by atoms with Crippen LogP contribution in [0.25, 0.3) is 0 Å². The van der Waals surface area contributed by atoms with E-state index in [4.69, 9.17) is 37.0 Å².